The van der Waals surface area contributed by atoms with Crippen LogP contribution in [0.4, 0.5) is 10.2 Å². The van der Waals surface area contributed by atoms with E-state index in [1.165, 1.54) is 6.07 Å². The Balaban J connectivity index is 2.01. The van der Waals surface area contributed by atoms with E-state index in [2.05, 4.69) is 9.88 Å². The fourth-order valence-electron chi connectivity index (χ4n) is 1.92. The highest BCUT2D eigenvalue weighted by molar-refractivity contribution is 5.38. The summed E-state index contributed by atoms with van der Waals surface area (Å²) in [7, 11) is 0. The van der Waals surface area contributed by atoms with Gasteiger partial charge in [0, 0.05) is 19.7 Å². The molecule has 0 spiro atoms. The molecule has 0 unspecified atom stereocenters. The molecule has 0 bridgehead atoms. The number of aliphatic hydroxyl groups is 1. The number of piperidine rings is 1. The van der Waals surface area contributed by atoms with Crippen molar-refractivity contribution in [2.24, 2.45) is 5.92 Å². The highest BCUT2D eigenvalue weighted by Crippen LogP contribution is 2.21. The van der Waals surface area contributed by atoms with E-state index in [-0.39, 0.29) is 6.61 Å². The van der Waals surface area contributed by atoms with Crippen LogP contribution in [0.25, 0.3) is 0 Å². The van der Waals surface area contributed by atoms with E-state index in [0.717, 1.165) is 25.9 Å². The summed E-state index contributed by atoms with van der Waals surface area (Å²) in [6.07, 6.45) is 1.91. The molecular formula is C11H15FN2O. The van der Waals surface area contributed by atoms with E-state index < -0.39 is 5.95 Å². The zero-order valence-corrected chi connectivity index (χ0v) is 8.56. The van der Waals surface area contributed by atoms with Crippen LogP contribution in [0.3, 0.4) is 0 Å². The Labute approximate surface area is 88.6 Å². The van der Waals surface area contributed by atoms with Gasteiger partial charge in [0.1, 0.15) is 5.82 Å². The second kappa shape index (κ2) is 4.57. The van der Waals surface area contributed by atoms with E-state index in [0.29, 0.717) is 11.7 Å². The van der Waals surface area contributed by atoms with Crippen LogP contribution in [0.2, 0.25) is 0 Å². The number of aromatic nitrogens is 1. The molecule has 1 saturated heterocycles. The molecule has 2 heterocycles. The van der Waals surface area contributed by atoms with Crippen molar-refractivity contribution in [1.82, 2.24) is 4.98 Å². The average Bonchev–Trinajstić information content (AvgIpc) is 2.29. The van der Waals surface area contributed by atoms with Crippen molar-refractivity contribution in [1.29, 1.82) is 0 Å². The van der Waals surface area contributed by atoms with Gasteiger partial charge < -0.3 is 10.0 Å². The SMILES string of the molecule is OCC1CCN(c2cccc(F)n2)CC1. The molecular weight excluding hydrogens is 195 g/mol. The van der Waals surface area contributed by atoms with E-state index in [1.54, 1.807) is 6.07 Å². The van der Waals surface area contributed by atoms with E-state index >= 15 is 0 Å². The number of halogens is 1. The van der Waals surface area contributed by atoms with Crippen LogP contribution in [0.15, 0.2) is 18.2 Å². The number of hydrogen-bond donors (Lipinski definition) is 1. The molecule has 1 aliphatic heterocycles. The standard InChI is InChI=1S/C11H15FN2O/c12-10-2-1-3-11(13-10)14-6-4-9(8-15)5-7-14/h1-3,9,15H,4-8H2. The van der Waals surface area contributed by atoms with Gasteiger partial charge in [0.15, 0.2) is 0 Å². The molecule has 4 heteroatoms. The summed E-state index contributed by atoms with van der Waals surface area (Å²) in [6.45, 7) is 1.95. The molecule has 0 radical (unpaired) electrons. The zero-order chi connectivity index (χ0) is 10.7. The first-order chi connectivity index (χ1) is 7.29. The number of rotatable bonds is 2. The summed E-state index contributed by atoms with van der Waals surface area (Å²) in [4.78, 5) is 5.91. The number of aliphatic hydroxyl groups excluding tert-OH is 1. The Morgan fingerprint density at radius 1 is 1.40 bits per heavy atom. The van der Waals surface area contributed by atoms with Gasteiger partial charge in [-0.2, -0.15) is 4.39 Å². The van der Waals surface area contributed by atoms with Crippen molar-refractivity contribution in [2.75, 3.05) is 24.6 Å². The molecule has 1 fully saturated rings. The van der Waals surface area contributed by atoms with Crippen LogP contribution in [0, 0.1) is 11.9 Å². The average molecular weight is 210 g/mol. The van der Waals surface area contributed by atoms with Crippen molar-refractivity contribution in [3.8, 4) is 0 Å². The maximum absolute atomic E-state index is 12.9. The molecule has 15 heavy (non-hydrogen) atoms. The molecule has 1 aromatic heterocycles. The van der Waals surface area contributed by atoms with Crippen molar-refractivity contribution >= 4 is 5.82 Å². The Morgan fingerprint density at radius 3 is 2.73 bits per heavy atom. The normalized spacial score (nSPS) is 18.1. The minimum absolute atomic E-state index is 0.254. The number of hydrogen-bond acceptors (Lipinski definition) is 3. The second-order valence-corrected chi connectivity index (χ2v) is 3.93. The fourth-order valence-corrected chi connectivity index (χ4v) is 1.92. The summed E-state index contributed by atoms with van der Waals surface area (Å²) in [5.41, 5.74) is 0. The molecule has 1 N–H and O–H groups in total. The number of anilines is 1. The van der Waals surface area contributed by atoms with Crippen LogP contribution in [0.1, 0.15) is 12.8 Å². The van der Waals surface area contributed by atoms with Gasteiger partial charge in [0.25, 0.3) is 0 Å². The first-order valence-electron chi connectivity index (χ1n) is 5.28. The summed E-state index contributed by atoms with van der Waals surface area (Å²) < 4.78 is 12.9. The van der Waals surface area contributed by atoms with E-state index in [1.807, 2.05) is 6.07 Å². The quantitative estimate of drug-likeness (QED) is 0.750. The molecule has 0 atom stereocenters. The van der Waals surface area contributed by atoms with Gasteiger partial charge in [0.05, 0.1) is 0 Å². The Kier molecular flexibility index (Phi) is 3.16. The van der Waals surface area contributed by atoms with Gasteiger partial charge >= 0.3 is 0 Å². The third-order valence-electron chi connectivity index (χ3n) is 2.90. The van der Waals surface area contributed by atoms with Crippen LogP contribution in [0.5, 0.6) is 0 Å². The molecule has 0 saturated carbocycles. The third kappa shape index (κ3) is 2.45. The molecule has 0 aromatic carbocycles. The van der Waals surface area contributed by atoms with Crippen molar-refractivity contribution in [3.63, 3.8) is 0 Å². The van der Waals surface area contributed by atoms with Crippen molar-refractivity contribution < 1.29 is 9.50 Å². The van der Waals surface area contributed by atoms with Crippen LogP contribution >= 0.6 is 0 Å². The molecule has 1 aliphatic rings. The summed E-state index contributed by atoms with van der Waals surface area (Å²) in [5.74, 6) is 0.665. The van der Waals surface area contributed by atoms with Gasteiger partial charge in [-0.15, -0.1) is 0 Å². The molecule has 1 aromatic rings. The number of pyridine rings is 1. The lowest BCUT2D eigenvalue weighted by Crippen LogP contribution is -2.35. The van der Waals surface area contributed by atoms with Gasteiger partial charge in [-0.3, -0.25) is 0 Å². The van der Waals surface area contributed by atoms with Crippen LogP contribution in [-0.2, 0) is 0 Å². The minimum atomic E-state index is -0.434. The Hall–Kier alpha value is -1.16. The summed E-state index contributed by atoms with van der Waals surface area (Å²) in [6, 6.07) is 4.85. The Bertz CT molecular complexity index is 324. The highest BCUT2D eigenvalue weighted by atomic mass is 19.1. The van der Waals surface area contributed by atoms with Crippen molar-refractivity contribution in [2.45, 2.75) is 12.8 Å². The maximum atomic E-state index is 12.9. The molecule has 0 aliphatic carbocycles. The largest absolute Gasteiger partial charge is 0.396 e. The van der Waals surface area contributed by atoms with Gasteiger partial charge in [-0.1, -0.05) is 6.07 Å². The predicted octanol–water partition coefficient (Wildman–Crippen LogP) is 1.43. The summed E-state index contributed by atoms with van der Waals surface area (Å²) >= 11 is 0. The monoisotopic (exact) mass is 210 g/mol. The molecule has 2 rings (SSSR count). The van der Waals surface area contributed by atoms with Gasteiger partial charge in [-0.25, -0.2) is 4.98 Å². The Morgan fingerprint density at radius 2 is 2.13 bits per heavy atom. The van der Waals surface area contributed by atoms with Gasteiger partial charge in [0.2, 0.25) is 5.95 Å². The third-order valence-corrected chi connectivity index (χ3v) is 2.90. The first-order valence-corrected chi connectivity index (χ1v) is 5.28. The minimum Gasteiger partial charge on any atom is -0.396 e. The number of nitrogens with zero attached hydrogens (tertiary/aromatic N) is 2. The topological polar surface area (TPSA) is 36.4 Å². The van der Waals surface area contributed by atoms with Crippen molar-refractivity contribution in [3.05, 3.63) is 24.1 Å². The van der Waals surface area contributed by atoms with Crippen LogP contribution in [-0.4, -0.2) is 29.8 Å². The molecule has 3 nitrogen and oxygen atoms in total. The van der Waals surface area contributed by atoms with Gasteiger partial charge in [-0.05, 0) is 30.9 Å². The lowest BCUT2D eigenvalue weighted by molar-refractivity contribution is 0.202. The molecule has 0 amide bonds. The molecule has 82 valence electrons. The highest BCUT2D eigenvalue weighted by Gasteiger charge is 2.19. The predicted molar refractivity (Wildman–Crippen MR) is 56.2 cm³/mol. The van der Waals surface area contributed by atoms with E-state index in [4.69, 9.17) is 5.11 Å². The smallest absolute Gasteiger partial charge is 0.214 e. The maximum Gasteiger partial charge on any atom is 0.214 e. The lowest BCUT2D eigenvalue weighted by Gasteiger charge is -2.31. The second-order valence-electron chi connectivity index (χ2n) is 3.93. The summed E-state index contributed by atoms with van der Waals surface area (Å²) in [5, 5.41) is 9.00. The first kappa shape index (κ1) is 10.4. The lowest BCUT2D eigenvalue weighted by atomic mass is 9.98. The van der Waals surface area contributed by atoms with Crippen LogP contribution < -0.4 is 4.90 Å². The van der Waals surface area contributed by atoms with E-state index in [9.17, 15) is 4.39 Å². The fraction of sp³-hybridized carbons (Fsp3) is 0.545. The zero-order valence-electron chi connectivity index (χ0n) is 8.56.